The van der Waals surface area contributed by atoms with Crippen LogP contribution in [0.4, 0.5) is 11.4 Å². The van der Waals surface area contributed by atoms with Gasteiger partial charge in [-0.15, -0.1) is 0 Å². The zero-order valence-electron chi connectivity index (χ0n) is 15.3. The fourth-order valence-electron chi connectivity index (χ4n) is 2.71. The molecule has 26 heavy (non-hydrogen) atoms. The predicted octanol–water partition coefficient (Wildman–Crippen LogP) is 4.14. The van der Waals surface area contributed by atoms with E-state index in [2.05, 4.69) is 5.32 Å². The maximum absolute atomic E-state index is 12.9. The van der Waals surface area contributed by atoms with Gasteiger partial charge in [0.15, 0.2) is 0 Å². The van der Waals surface area contributed by atoms with Gasteiger partial charge in [0.2, 0.25) is 15.9 Å². The van der Waals surface area contributed by atoms with Crippen LogP contribution in [0.2, 0.25) is 5.02 Å². The molecule has 7 heteroatoms. The molecule has 1 amide bonds. The molecule has 2 rings (SSSR count). The van der Waals surface area contributed by atoms with Gasteiger partial charge in [-0.25, -0.2) is 8.42 Å². The SMILES string of the molecule is CC[C@@H](C(=O)Nc1cccc(Cl)c1C)N(c1ccc(C)cc1)S(C)(=O)=O. The van der Waals surface area contributed by atoms with Crippen LogP contribution in [0.25, 0.3) is 0 Å². The van der Waals surface area contributed by atoms with Gasteiger partial charge in [-0.05, 0) is 50.1 Å². The minimum absolute atomic E-state index is 0.326. The van der Waals surface area contributed by atoms with E-state index in [0.29, 0.717) is 22.8 Å². The van der Waals surface area contributed by atoms with Gasteiger partial charge in [0, 0.05) is 10.7 Å². The Morgan fingerprint density at radius 3 is 2.31 bits per heavy atom. The van der Waals surface area contributed by atoms with Crippen LogP contribution in [0, 0.1) is 13.8 Å². The Morgan fingerprint density at radius 2 is 1.77 bits per heavy atom. The molecule has 0 heterocycles. The van der Waals surface area contributed by atoms with E-state index in [9.17, 15) is 13.2 Å². The number of carbonyl (C=O) groups excluding carboxylic acids is 1. The molecule has 0 aliphatic carbocycles. The lowest BCUT2D eigenvalue weighted by Crippen LogP contribution is -2.47. The molecular weight excluding hydrogens is 372 g/mol. The molecule has 0 spiro atoms. The zero-order chi connectivity index (χ0) is 19.5. The molecular formula is C19H23ClN2O3S. The lowest BCUT2D eigenvalue weighted by molar-refractivity contribution is -0.117. The van der Waals surface area contributed by atoms with Crippen molar-refractivity contribution in [1.82, 2.24) is 0 Å². The normalized spacial score (nSPS) is 12.5. The number of amides is 1. The lowest BCUT2D eigenvalue weighted by atomic mass is 10.1. The summed E-state index contributed by atoms with van der Waals surface area (Å²) in [4.78, 5) is 12.9. The average molecular weight is 395 g/mol. The van der Waals surface area contributed by atoms with Crippen LogP contribution in [0.3, 0.4) is 0 Å². The van der Waals surface area contributed by atoms with E-state index in [0.717, 1.165) is 17.4 Å². The van der Waals surface area contributed by atoms with Crippen LogP contribution in [0.5, 0.6) is 0 Å². The number of benzene rings is 2. The molecule has 2 aromatic carbocycles. The molecule has 0 unspecified atom stereocenters. The number of nitrogens with zero attached hydrogens (tertiary/aromatic N) is 1. The summed E-state index contributed by atoms with van der Waals surface area (Å²) in [5.74, 6) is -0.399. The van der Waals surface area contributed by atoms with Crippen LogP contribution in [0.1, 0.15) is 24.5 Å². The fraction of sp³-hybridized carbons (Fsp3) is 0.316. The maximum Gasteiger partial charge on any atom is 0.248 e. The number of carbonyl (C=O) groups is 1. The van der Waals surface area contributed by atoms with E-state index in [1.807, 2.05) is 19.1 Å². The van der Waals surface area contributed by atoms with E-state index < -0.39 is 22.0 Å². The van der Waals surface area contributed by atoms with Crippen LogP contribution in [0.15, 0.2) is 42.5 Å². The van der Waals surface area contributed by atoms with Crippen molar-refractivity contribution in [3.63, 3.8) is 0 Å². The summed E-state index contributed by atoms with van der Waals surface area (Å²) in [6.45, 7) is 5.50. The quantitative estimate of drug-likeness (QED) is 0.800. The molecule has 0 aliphatic heterocycles. The summed E-state index contributed by atoms with van der Waals surface area (Å²) in [5, 5.41) is 3.34. The molecule has 2 aromatic rings. The summed E-state index contributed by atoms with van der Waals surface area (Å²) < 4.78 is 26.0. The fourth-order valence-corrected chi connectivity index (χ4v) is 4.10. The number of aryl methyl sites for hydroxylation is 1. The highest BCUT2D eigenvalue weighted by atomic mass is 35.5. The first-order valence-electron chi connectivity index (χ1n) is 8.27. The third-order valence-electron chi connectivity index (χ3n) is 4.14. The van der Waals surface area contributed by atoms with Crippen molar-refractivity contribution < 1.29 is 13.2 Å². The Kier molecular flexibility index (Phi) is 6.31. The Balaban J connectivity index is 2.40. The second-order valence-electron chi connectivity index (χ2n) is 6.22. The topological polar surface area (TPSA) is 66.5 Å². The predicted molar refractivity (Wildman–Crippen MR) is 107 cm³/mol. The Hall–Kier alpha value is -2.05. The van der Waals surface area contributed by atoms with E-state index >= 15 is 0 Å². The van der Waals surface area contributed by atoms with Gasteiger partial charge in [0.05, 0.1) is 11.9 Å². The van der Waals surface area contributed by atoms with Crippen LogP contribution in [-0.2, 0) is 14.8 Å². The van der Waals surface area contributed by atoms with Crippen molar-refractivity contribution in [2.45, 2.75) is 33.2 Å². The molecule has 0 aliphatic rings. The Morgan fingerprint density at radius 1 is 1.15 bits per heavy atom. The largest absolute Gasteiger partial charge is 0.324 e. The lowest BCUT2D eigenvalue weighted by Gasteiger charge is -2.30. The van der Waals surface area contributed by atoms with Crippen molar-refractivity contribution in [2.24, 2.45) is 0 Å². The standard InChI is InChI=1S/C19H23ClN2O3S/c1-5-18(19(23)21-17-8-6-7-16(20)14(17)3)22(26(4,24)25)15-11-9-13(2)10-12-15/h6-12,18H,5H2,1-4H3,(H,21,23)/t18-/m0/s1. The van der Waals surface area contributed by atoms with Gasteiger partial charge in [0.1, 0.15) is 6.04 Å². The highest BCUT2D eigenvalue weighted by Gasteiger charge is 2.31. The summed E-state index contributed by atoms with van der Waals surface area (Å²) >= 11 is 6.10. The Bertz CT molecular complexity index is 896. The molecule has 5 nitrogen and oxygen atoms in total. The molecule has 0 saturated heterocycles. The zero-order valence-corrected chi connectivity index (χ0v) is 16.9. The average Bonchev–Trinajstić information content (AvgIpc) is 2.56. The summed E-state index contributed by atoms with van der Waals surface area (Å²) in [7, 11) is -3.65. The van der Waals surface area contributed by atoms with Gasteiger partial charge < -0.3 is 5.32 Å². The third kappa shape index (κ3) is 4.56. The van der Waals surface area contributed by atoms with Gasteiger partial charge in [-0.3, -0.25) is 9.10 Å². The monoisotopic (exact) mass is 394 g/mol. The van der Waals surface area contributed by atoms with E-state index in [4.69, 9.17) is 11.6 Å². The number of rotatable bonds is 6. The van der Waals surface area contributed by atoms with Gasteiger partial charge in [-0.1, -0.05) is 42.3 Å². The van der Waals surface area contributed by atoms with Gasteiger partial charge >= 0.3 is 0 Å². The number of hydrogen-bond donors (Lipinski definition) is 1. The number of hydrogen-bond acceptors (Lipinski definition) is 3. The second kappa shape index (κ2) is 8.10. The number of anilines is 2. The molecule has 0 fully saturated rings. The molecule has 1 atom stereocenters. The van der Waals surface area contributed by atoms with Crippen LogP contribution >= 0.6 is 11.6 Å². The van der Waals surface area contributed by atoms with Gasteiger partial charge in [0.25, 0.3) is 0 Å². The van der Waals surface area contributed by atoms with E-state index in [-0.39, 0.29) is 0 Å². The second-order valence-corrected chi connectivity index (χ2v) is 8.49. The molecule has 0 bridgehead atoms. The summed E-state index contributed by atoms with van der Waals surface area (Å²) in [6, 6.07) is 11.4. The molecule has 0 saturated carbocycles. The molecule has 1 N–H and O–H groups in total. The van der Waals surface area contributed by atoms with Crippen molar-refractivity contribution in [3.05, 3.63) is 58.6 Å². The molecule has 0 aromatic heterocycles. The van der Waals surface area contributed by atoms with E-state index in [1.165, 1.54) is 4.31 Å². The van der Waals surface area contributed by atoms with Crippen molar-refractivity contribution in [1.29, 1.82) is 0 Å². The number of halogens is 1. The van der Waals surface area contributed by atoms with E-state index in [1.54, 1.807) is 44.2 Å². The number of nitrogens with one attached hydrogen (secondary N) is 1. The highest BCUT2D eigenvalue weighted by Crippen LogP contribution is 2.26. The van der Waals surface area contributed by atoms with Crippen LogP contribution in [-0.4, -0.2) is 26.6 Å². The molecule has 0 radical (unpaired) electrons. The maximum atomic E-state index is 12.9. The van der Waals surface area contributed by atoms with Crippen LogP contribution < -0.4 is 9.62 Å². The first-order valence-corrected chi connectivity index (χ1v) is 10.5. The minimum atomic E-state index is -3.65. The molecule has 140 valence electrons. The smallest absolute Gasteiger partial charge is 0.248 e. The Labute approximate surface area is 160 Å². The van der Waals surface area contributed by atoms with Gasteiger partial charge in [-0.2, -0.15) is 0 Å². The van der Waals surface area contributed by atoms with Crippen molar-refractivity contribution >= 4 is 38.9 Å². The summed E-state index contributed by atoms with van der Waals surface area (Å²) in [5.41, 5.74) is 2.77. The first kappa shape index (κ1) is 20.3. The third-order valence-corrected chi connectivity index (χ3v) is 5.73. The first-order chi connectivity index (χ1) is 12.1. The number of sulfonamides is 1. The minimum Gasteiger partial charge on any atom is -0.324 e. The van der Waals surface area contributed by atoms with Crippen molar-refractivity contribution in [2.75, 3.05) is 15.9 Å². The summed E-state index contributed by atoms with van der Waals surface area (Å²) in [6.07, 6.45) is 1.43. The van der Waals surface area contributed by atoms with Crippen molar-refractivity contribution in [3.8, 4) is 0 Å². The highest BCUT2D eigenvalue weighted by molar-refractivity contribution is 7.92.